The molecular weight excluding hydrogens is 212 g/mol. The van der Waals surface area contributed by atoms with E-state index in [9.17, 15) is 0 Å². The van der Waals surface area contributed by atoms with Gasteiger partial charge in [0, 0.05) is 24.7 Å². The molecule has 0 saturated carbocycles. The predicted molar refractivity (Wildman–Crippen MR) is 51.2 cm³/mol. The summed E-state index contributed by atoms with van der Waals surface area (Å²) in [5, 5.41) is 2.85. The molecule has 1 aliphatic heterocycles. The lowest BCUT2D eigenvalue weighted by Crippen LogP contribution is -2.17. The van der Waals surface area contributed by atoms with Crippen LogP contribution in [0.5, 0.6) is 0 Å². The Balaban J connectivity index is 2.39. The topological polar surface area (TPSA) is 15.6 Å². The van der Waals surface area contributed by atoms with Gasteiger partial charge in [0.25, 0.3) is 0 Å². The first-order valence-corrected chi connectivity index (χ1v) is 5.18. The van der Waals surface area contributed by atoms with Crippen LogP contribution in [0.25, 0.3) is 0 Å². The third-order valence-electron chi connectivity index (χ3n) is 1.26. The molecule has 0 N–H and O–H groups in total. The van der Waals surface area contributed by atoms with Gasteiger partial charge in [-0.3, -0.25) is 4.99 Å². The van der Waals surface area contributed by atoms with Gasteiger partial charge in [-0.05, 0) is 0 Å². The average Bonchev–Trinajstić information content (AvgIpc) is 2.34. The lowest BCUT2D eigenvalue weighted by atomic mass is 10.5. The van der Waals surface area contributed by atoms with Gasteiger partial charge in [0.2, 0.25) is 0 Å². The van der Waals surface area contributed by atoms with Crippen molar-refractivity contribution in [3.8, 4) is 0 Å². The Bertz CT molecular complexity index is 147. The van der Waals surface area contributed by atoms with Crippen molar-refractivity contribution in [1.29, 1.82) is 0 Å². The zero-order valence-electron chi connectivity index (χ0n) is 6.17. The summed E-state index contributed by atoms with van der Waals surface area (Å²) in [4.78, 5) is 6.43. The molecule has 0 aromatic carbocycles. The van der Waals surface area contributed by atoms with Crippen LogP contribution in [0.15, 0.2) is 4.99 Å². The molecule has 1 atom stereocenters. The molecule has 0 saturated heterocycles. The van der Waals surface area contributed by atoms with Crippen molar-refractivity contribution in [3.63, 3.8) is 0 Å². The Kier molecular flexibility index (Phi) is 3.04. The molecular formula is C6H11BrN2S. The second-order valence-corrected chi connectivity index (χ2v) is 4.33. The highest BCUT2D eigenvalue weighted by molar-refractivity contribution is 9.09. The smallest absolute Gasteiger partial charge is 0.159 e. The number of alkyl halides is 1. The van der Waals surface area contributed by atoms with Gasteiger partial charge in [-0.1, -0.05) is 27.7 Å². The molecule has 0 spiro atoms. The van der Waals surface area contributed by atoms with E-state index in [0.29, 0.717) is 5.25 Å². The van der Waals surface area contributed by atoms with Gasteiger partial charge < -0.3 is 4.90 Å². The molecule has 1 aliphatic rings. The highest BCUT2D eigenvalue weighted by Gasteiger charge is 2.18. The van der Waals surface area contributed by atoms with Gasteiger partial charge in [0.05, 0.1) is 6.54 Å². The first-order chi connectivity index (χ1) is 4.74. The molecule has 1 rings (SSSR count). The van der Waals surface area contributed by atoms with Crippen LogP contribution < -0.4 is 0 Å². The van der Waals surface area contributed by atoms with Crippen LogP contribution >= 0.6 is 27.7 Å². The second-order valence-electron chi connectivity index (χ2n) is 2.41. The largest absolute Gasteiger partial charge is 0.358 e. The van der Waals surface area contributed by atoms with Crippen molar-refractivity contribution in [2.75, 3.05) is 26.0 Å². The maximum Gasteiger partial charge on any atom is 0.159 e. The van der Waals surface area contributed by atoms with Gasteiger partial charge in [0.1, 0.15) is 0 Å². The van der Waals surface area contributed by atoms with E-state index in [1.807, 2.05) is 25.9 Å². The fourth-order valence-corrected chi connectivity index (χ4v) is 2.20. The molecule has 0 bridgehead atoms. The minimum atomic E-state index is 0.650. The maximum atomic E-state index is 4.36. The summed E-state index contributed by atoms with van der Waals surface area (Å²) in [5.41, 5.74) is 0. The Hall–Kier alpha value is 0.300. The van der Waals surface area contributed by atoms with E-state index >= 15 is 0 Å². The number of hydrogen-bond acceptors (Lipinski definition) is 3. The predicted octanol–water partition coefficient (Wildman–Crippen LogP) is 1.41. The first-order valence-electron chi connectivity index (χ1n) is 3.18. The molecule has 2 nitrogen and oxygen atoms in total. The Morgan fingerprint density at radius 1 is 1.80 bits per heavy atom. The van der Waals surface area contributed by atoms with Crippen LogP contribution in [-0.4, -0.2) is 41.3 Å². The summed E-state index contributed by atoms with van der Waals surface area (Å²) in [6.45, 7) is 0.962. The zero-order valence-corrected chi connectivity index (χ0v) is 8.57. The standard InChI is InChI=1S/C6H11BrN2S/c1-9(2)6-8-4-5(3-7)10-6/h5H,3-4H2,1-2H3/t5-/m0/s1. The lowest BCUT2D eigenvalue weighted by Gasteiger charge is -2.10. The average molecular weight is 223 g/mol. The lowest BCUT2D eigenvalue weighted by molar-refractivity contribution is 0.635. The van der Waals surface area contributed by atoms with Crippen molar-refractivity contribution in [2.45, 2.75) is 5.25 Å². The van der Waals surface area contributed by atoms with Crippen molar-refractivity contribution >= 4 is 32.9 Å². The minimum absolute atomic E-state index is 0.650. The third kappa shape index (κ3) is 1.89. The van der Waals surface area contributed by atoms with Gasteiger partial charge >= 0.3 is 0 Å². The maximum absolute atomic E-state index is 4.36. The van der Waals surface area contributed by atoms with E-state index < -0.39 is 0 Å². The molecule has 0 aromatic heterocycles. The molecule has 0 fully saturated rings. The van der Waals surface area contributed by atoms with Crippen LogP contribution in [-0.2, 0) is 0 Å². The van der Waals surface area contributed by atoms with Crippen LogP contribution in [0.4, 0.5) is 0 Å². The van der Waals surface area contributed by atoms with Crippen molar-refractivity contribution in [2.24, 2.45) is 4.99 Å². The fraction of sp³-hybridized carbons (Fsp3) is 0.833. The summed E-state index contributed by atoms with van der Waals surface area (Å²) in [6, 6.07) is 0. The van der Waals surface area contributed by atoms with E-state index in [0.717, 1.165) is 17.0 Å². The number of halogens is 1. The molecule has 0 aromatic rings. The first kappa shape index (κ1) is 8.40. The normalized spacial score (nSPS) is 24.7. The van der Waals surface area contributed by atoms with E-state index in [4.69, 9.17) is 0 Å². The number of hydrogen-bond donors (Lipinski definition) is 0. The Morgan fingerprint density at radius 3 is 2.80 bits per heavy atom. The molecule has 58 valence electrons. The molecule has 0 amide bonds. The van der Waals surface area contributed by atoms with E-state index in [2.05, 4.69) is 25.8 Å². The second kappa shape index (κ2) is 3.62. The van der Waals surface area contributed by atoms with Gasteiger partial charge in [-0.2, -0.15) is 0 Å². The molecule has 0 aliphatic carbocycles. The zero-order chi connectivity index (χ0) is 7.56. The Labute approximate surface area is 74.2 Å². The fourth-order valence-electron chi connectivity index (χ4n) is 0.731. The third-order valence-corrected chi connectivity index (χ3v) is 3.82. The molecule has 0 radical (unpaired) electrons. The van der Waals surface area contributed by atoms with Crippen molar-refractivity contribution in [1.82, 2.24) is 4.90 Å². The van der Waals surface area contributed by atoms with Gasteiger partial charge in [-0.25, -0.2) is 0 Å². The molecule has 10 heavy (non-hydrogen) atoms. The molecule has 4 heteroatoms. The summed E-state index contributed by atoms with van der Waals surface area (Å²) in [6.07, 6.45) is 0. The van der Waals surface area contributed by atoms with E-state index in [-0.39, 0.29) is 0 Å². The van der Waals surface area contributed by atoms with Crippen molar-refractivity contribution < 1.29 is 0 Å². The summed E-state index contributed by atoms with van der Waals surface area (Å²) >= 11 is 5.29. The van der Waals surface area contributed by atoms with Gasteiger partial charge in [0.15, 0.2) is 5.17 Å². The van der Waals surface area contributed by atoms with E-state index in [1.165, 1.54) is 0 Å². The summed E-state index contributed by atoms with van der Waals surface area (Å²) < 4.78 is 0. The van der Waals surface area contributed by atoms with Gasteiger partial charge in [-0.15, -0.1) is 0 Å². The minimum Gasteiger partial charge on any atom is -0.358 e. The molecule has 1 heterocycles. The molecule has 0 unspecified atom stereocenters. The summed E-state index contributed by atoms with van der Waals surface area (Å²) in [7, 11) is 4.06. The van der Waals surface area contributed by atoms with Crippen LogP contribution in [0, 0.1) is 0 Å². The monoisotopic (exact) mass is 222 g/mol. The Morgan fingerprint density at radius 2 is 2.50 bits per heavy atom. The SMILES string of the molecule is CN(C)C1=NC[C@H](CBr)S1. The highest BCUT2D eigenvalue weighted by atomic mass is 79.9. The highest BCUT2D eigenvalue weighted by Crippen LogP contribution is 2.23. The van der Waals surface area contributed by atoms with Crippen LogP contribution in [0.1, 0.15) is 0 Å². The number of rotatable bonds is 1. The number of aliphatic imine (C=N–C) groups is 1. The number of thioether (sulfide) groups is 1. The number of nitrogens with zero attached hydrogens (tertiary/aromatic N) is 2. The van der Waals surface area contributed by atoms with Crippen LogP contribution in [0.3, 0.4) is 0 Å². The van der Waals surface area contributed by atoms with Crippen LogP contribution in [0.2, 0.25) is 0 Å². The quantitative estimate of drug-likeness (QED) is 0.624. The number of amidine groups is 1. The summed E-state index contributed by atoms with van der Waals surface area (Å²) in [5.74, 6) is 0. The van der Waals surface area contributed by atoms with Crippen molar-refractivity contribution in [3.05, 3.63) is 0 Å². The van der Waals surface area contributed by atoms with E-state index in [1.54, 1.807) is 0 Å².